The van der Waals surface area contributed by atoms with E-state index in [-0.39, 0.29) is 0 Å². The molecule has 2 heterocycles. The van der Waals surface area contributed by atoms with Crippen molar-refractivity contribution in [3.63, 3.8) is 0 Å². The van der Waals surface area contributed by atoms with Crippen LogP contribution in [0.15, 0.2) is 48.5 Å². The number of fused-ring (bicyclic) bond motifs is 1. The van der Waals surface area contributed by atoms with Gasteiger partial charge in [-0.1, -0.05) is 12.1 Å². The van der Waals surface area contributed by atoms with Crippen LogP contribution >= 0.6 is 11.3 Å². The van der Waals surface area contributed by atoms with Gasteiger partial charge in [0.15, 0.2) is 11.5 Å². The summed E-state index contributed by atoms with van der Waals surface area (Å²) < 4.78 is 49.8. The summed E-state index contributed by atoms with van der Waals surface area (Å²) >= 11 is 1.43. The molecular weight excluding hydrogens is 439 g/mol. The minimum absolute atomic E-state index is 0.462. The first-order valence-corrected chi connectivity index (χ1v) is 10.5. The fraction of sp³-hybridized carbons (Fsp3) is 0.217. The lowest BCUT2D eigenvalue weighted by atomic mass is 10.1. The van der Waals surface area contributed by atoms with Gasteiger partial charge in [0, 0.05) is 21.2 Å². The molecule has 0 atom stereocenters. The van der Waals surface area contributed by atoms with Crippen LogP contribution in [0.5, 0.6) is 11.5 Å². The number of aryl methyl sites for hydroxylation is 1. The van der Waals surface area contributed by atoms with Gasteiger partial charge in [-0.15, -0.1) is 11.3 Å². The maximum atomic E-state index is 13.0. The number of benzene rings is 2. The molecule has 0 radical (unpaired) electrons. The van der Waals surface area contributed by atoms with E-state index in [1.54, 1.807) is 33.3 Å². The minimum Gasteiger partial charge on any atom is -0.493 e. The molecule has 9 heteroatoms. The Balaban J connectivity index is 1.59. The van der Waals surface area contributed by atoms with Gasteiger partial charge in [0.2, 0.25) is 0 Å². The lowest BCUT2D eigenvalue weighted by Gasteiger charge is -2.12. The summed E-state index contributed by atoms with van der Waals surface area (Å²) in [5.41, 5.74) is 0.597. The molecule has 0 saturated heterocycles. The van der Waals surface area contributed by atoms with Crippen LogP contribution in [0.2, 0.25) is 0 Å². The van der Waals surface area contributed by atoms with Crippen LogP contribution in [0.4, 0.5) is 19.0 Å². The summed E-state index contributed by atoms with van der Waals surface area (Å²) in [6, 6.07) is 12.7. The van der Waals surface area contributed by atoms with E-state index in [1.807, 2.05) is 18.2 Å². The number of methoxy groups -OCH3 is 2. The molecule has 166 valence electrons. The third kappa shape index (κ3) is 4.47. The molecule has 0 unspecified atom stereocenters. The molecule has 0 amide bonds. The average Bonchev–Trinajstić information content (AvgIpc) is 3.25. The molecule has 4 aromatic rings. The number of thiophene rings is 1. The van der Waals surface area contributed by atoms with Crippen molar-refractivity contribution in [3.8, 4) is 21.9 Å². The summed E-state index contributed by atoms with van der Waals surface area (Å²) in [7, 11) is 3.13. The number of anilines is 1. The highest BCUT2D eigenvalue weighted by Crippen LogP contribution is 2.36. The van der Waals surface area contributed by atoms with Crippen LogP contribution in [0.1, 0.15) is 16.3 Å². The molecule has 0 aliphatic rings. The lowest BCUT2D eigenvalue weighted by molar-refractivity contribution is -0.137. The van der Waals surface area contributed by atoms with Gasteiger partial charge in [-0.05, 0) is 42.8 Å². The van der Waals surface area contributed by atoms with E-state index in [0.717, 1.165) is 21.2 Å². The van der Waals surface area contributed by atoms with Crippen molar-refractivity contribution in [2.75, 3.05) is 19.5 Å². The lowest BCUT2D eigenvalue weighted by Crippen LogP contribution is -2.04. The van der Waals surface area contributed by atoms with Gasteiger partial charge in [0.25, 0.3) is 0 Å². The first-order valence-electron chi connectivity index (χ1n) is 9.69. The van der Waals surface area contributed by atoms with E-state index in [4.69, 9.17) is 9.47 Å². The van der Waals surface area contributed by atoms with E-state index in [1.165, 1.54) is 23.5 Å². The van der Waals surface area contributed by atoms with Crippen LogP contribution in [0.3, 0.4) is 0 Å². The number of rotatable bonds is 6. The number of nitrogens with zero attached hydrogens (tertiary/aromatic N) is 2. The zero-order valence-electron chi connectivity index (χ0n) is 17.6. The normalized spacial score (nSPS) is 11.6. The van der Waals surface area contributed by atoms with Crippen molar-refractivity contribution in [1.82, 2.24) is 9.97 Å². The fourth-order valence-corrected chi connectivity index (χ4v) is 4.30. The maximum Gasteiger partial charge on any atom is 0.416 e. The van der Waals surface area contributed by atoms with Gasteiger partial charge in [-0.25, -0.2) is 9.97 Å². The van der Waals surface area contributed by atoms with Crippen LogP contribution in [0.25, 0.3) is 21.3 Å². The molecule has 0 fully saturated rings. The van der Waals surface area contributed by atoms with E-state index in [2.05, 4.69) is 15.3 Å². The van der Waals surface area contributed by atoms with Crippen molar-refractivity contribution in [2.24, 2.45) is 0 Å². The van der Waals surface area contributed by atoms with Gasteiger partial charge in [-0.3, -0.25) is 0 Å². The fourth-order valence-electron chi connectivity index (χ4n) is 3.35. The third-order valence-corrected chi connectivity index (χ3v) is 6.01. The number of hydrogen-bond donors (Lipinski definition) is 1. The van der Waals surface area contributed by atoms with Gasteiger partial charge in [-0.2, -0.15) is 13.2 Å². The number of aromatic nitrogens is 2. The van der Waals surface area contributed by atoms with Crippen molar-refractivity contribution in [3.05, 3.63) is 64.8 Å². The maximum absolute atomic E-state index is 13.0. The summed E-state index contributed by atoms with van der Waals surface area (Å²) in [5, 5.41) is 4.10. The highest BCUT2D eigenvalue weighted by Gasteiger charge is 2.30. The van der Waals surface area contributed by atoms with Crippen LogP contribution in [-0.2, 0) is 12.7 Å². The number of hydrogen-bond acceptors (Lipinski definition) is 6. The Hall–Kier alpha value is -3.33. The zero-order chi connectivity index (χ0) is 22.9. The van der Waals surface area contributed by atoms with E-state index < -0.39 is 11.7 Å². The van der Waals surface area contributed by atoms with Gasteiger partial charge in [0.05, 0.1) is 31.8 Å². The average molecular weight is 459 g/mol. The Morgan fingerprint density at radius 3 is 2.44 bits per heavy atom. The molecule has 5 nitrogen and oxygen atoms in total. The third-order valence-electron chi connectivity index (χ3n) is 4.88. The number of halogens is 3. The quantitative estimate of drug-likeness (QED) is 0.366. The Morgan fingerprint density at radius 1 is 0.969 bits per heavy atom. The summed E-state index contributed by atoms with van der Waals surface area (Å²) in [4.78, 5) is 10.7. The first kappa shape index (κ1) is 21.9. The van der Waals surface area contributed by atoms with Crippen molar-refractivity contribution in [2.45, 2.75) is 19.6 Å². The monoisotopic (exact) mass is 459 g/mol. The summed E-state index contributed by atoms with van der Waals surface area (Å²) in [6.07, 6.45) is -4.37. The topological polar surface area (TPSA) is 56.3 Å². The standard InChI is InChI=1S/C23H20F3N3O2S/c1-13-28-18-11-20(31-3)19(30-2)10-17(18)22(29-13)27-12-16-7-8-21(32-16)14-5-4-6-15(9-14)23(24,25)26/h4-11H,12H2,1-3H3,(H,27,28,29). The van der Waals surface area contributed by atoms with Gasteiger partial charge in [0.1, 0.15) is 11.6 Å². The molecule has 4 rings (SSSR count). The second-order valence-corrected chi connectivity index (χ2v) is 8.21. The SMILES string of the molecule is COc1cc2nc(C)nc(NCc3ccc(-c4cccc(C(F)(F)F)c4)s3)c2cc1OC. The number of ether oxygens (including phenoxy) is 2. The molecule has 0 bridgehead atoms. The van der Waals surface area contributed by atoms with Crippen LogP contribution in [-0.4, -0.2) is 24.2 Å². The Bertz CT molecular complexity index is 1270. The Labute approximate surface area is 186 Å². The van der Waals surface area contributed by atoms with Crippen molar-refractivity contribution in [1.29, 1.82) is 0 Å². The predicted molar refractivity (Wildman–Crippen MR) is 119 cm³/mol. The number of alkyl halides is 3. The van der Waals surface area contributed by atoms with Gasteiger partial charge >= 0.3 is 6.18 Å². The molecule has 0 spiro atoms. The molecule has 0 aliphatic heterocycles. The first-order chi connectivity index (χ1) is 15.3. The zero-order valence-corrected chi connectivity index (χ0v) is 18.4. The summed E-state index contributed by atoms with van der Waals surface area (Å²) in [6.45, 7) is 2.27. The van der Waals surface area contributed by atoms with E-state index in [9.17, 15) is 13.2 Å². The molecule has 32 heavy (non-hydrogen) atoms. The molecular formula is C23H20F3N3O2S. The molecule has 2 aromatic heterocycles. The van der Waals surface area contributed by atoms with E-state index in [0.29, 0.717) is 40.8 Å². The van der Waals surface area contributed by atoms with Gasteiger partial charge < -0.3 is 14.8 Å². The van der Waals surface area contributed by atoms with E-state index >= 15 is 0 Å². The van der Waals surface area contributed by atoms with Crippen molar-refractivity contribution >= 4 is 28.1 Å². The molecule has 0 aliphatic carbocycles. The highest BCUT2D eigenvalue weighted by atomic mass is 32.1. The minimum atomic E-state index is -4.37. The van der Waals surface area contributed by atoms with Crippen molar-refractivity contribution < 1.29 is 22.6 Å². The Morgan fingerprint density at radius 2 is 1.72 bits per heavy atom. The predicted octanol–water partition coefficient (Wildman–Crippen LogP) is 6.31. The summed E-state index contributed by atoms with van der Waals surface area (Å²) in [5.74, 6) is 2.39. The van der Waals surface area contributed by atoms with Crippen LogP contribution in [0, 0.1) is 6.92 Å². The van der Waals surface area contributed by atoms with Crippen LogP contribution < -0.4 is 14.8 Å². The number of nitrogens with one attached hydrogen (secondary N) is 1. The molecule has 1 N–H and O–H groups in total. The molecule has 0 saturated carbocycles. The second-order valence-electron chi connectivity index (χ2n) is 7.04. The smallest absolute Gasteiger partial charge is 0.416 e. The highest BCUT2D eigenvalue weighted by molar-refractivity contribution is 7.15. The second kappa shape index (κ2) is 8.66. The largest absolute Gasteiger partial charge is 0.493 e. The Kier molecular flexibility index (Phi) is 5.92. The molecule has 2 aromatic carbocycles.